The topological polar surface area (TPSA) is 82.2 Å². The van der Waals surface area contributed by atoms with E-state index in [9.17, 15) is 4.79 Å². The molecule has 0 aliphatic rings. The average molecular weight is 306 g/mol. The highest BCUT2D eigenvalue weighted by molar-refractivity contribution is 5.92. The van der Waals surface area contributed by atoms with E-state index in [1.807, 2.05) is 7.05 Å². The second-order valence-corrected chi connectivity index (χ2v) is 5.19. The lowest BCUT2D eigenvalue weighted by Gasteiger charge is -2.14. The van der Waals surface area contributed by atoms with Gasteiger partial charge < -0.3 is 14.5 Å². The molecule has 0 bridgehead atoms. The lowest BCUT2D eigenvalue weighted by molar-refractivity contribution is 0.0777. The monoisotopic (exact) mass is 306 g/mol. The first kappa shape index (κ1) is 16.2. The van der Waals surface area contributed by atoms with Crippen molar-refractivity contribution in [1.82, 2.24) is 20.1 Å². The summed E-state index contributed by atoms with van der Waals surface area (Å²) < 4.78 is 12.6. The molecule has 1 atom stereocenters. The van der Waals surface area contributed by atoms with Gasteiger partial charge in [-0.15, -0.1) is 0 Å². The number of rotatable bonds is 7. The Hall–Kier alpha value is -2.15. The number of carbonyl (C=O) groups is 1. The van der Waals surface area contributed by atoms with Crippen molar-refractivity contribution in [1.29, 1.82) is 0 Å². The van der Waals surface area contributed by atoms with Gasteiger partial charge in [-0.05, 0) is 13.3 Å². The molecule has 0 aromatic carbocycles. The van der Waals surface area contributed by atoms with Crippen molar-refractivity contribution in [3.05, 3.63) is 23.8 Å². The summed E-state index contributed by atoms with van der Waals surface area (Å²) in [4.78, 5) is 16.5. The maximum absolute atomic E-state index is 12.2. The summed E-state index contributed by atoms with van der Waals surface area (Å²) in [7, 11) is 3.46. The number of nitrogens with one attached hydrogen (secondary N) is 1. The number of aryl methyl sites for hydroxylation is 2. The van der Waals surface area contributed by atoms with Gasteiger partial charge in [0.25, 0.3) is 5.91 Å². The van der Waals surface area contributed by atoms with Crippen LogP contribution in [0.4, 0.5) is 0 Å². The van der Waals surface area contributed by atoms with Gasteiger partial charge in [-0.25, -0.2) is 4.98 Å². The molecule has 2 heterocycles. The normalized spacial score (nSPS) is 12.4. The number of hydrogen-bond donors (Lipinski definition) is 1. The highest BCUT2D eigenvalue weighted by Gasteiger charge is 2.19. The fraction of sp³-hybridized carbons (Fsp3) is 0.533. The molecule has 2 rings (SSSR count). The van der Waals surface area contributed by atoms with Crippen LogP contribution in [0.5, 0.6) is 0 Å². The smallest absolute Gasteiger partial charge is 0.289 e. The van der Waals surface area contributed by atoms with Crippen LogP contribution in [-0.2, 0) is 11.8 Å². The lowest BCUT2D eigenvalue weighted by Crippen LogP contribution is -2.33. The Morgan fingerprint density at radius 2 is 2.32 bits per heavy atom. The number of methoxy groups -OCH3 is 1. The van der Waals surface area contributed by atoms with Gasteiger partial charge in [-0.2, -0.15) is 5.10 Å². The molecular weight excluding hydrogens is 284 g/mol. The van der Waals surface area contributed by atoms with Crippen molar-refractivity contribution in [2.24, 2.45) is 7.05 Å². The fourth-order valence-electron chi connectivity index (χ4n) is 2.17. The predicted octanol–water partition coefficient (Wildman–Crippen LogP) is 1.93. The Kier molecular flexibility index (Phi) is 5.32. The molecular formula is C15H22N4O3. The quantitative estimate of drug-likeness (QED) is 0.845. The second kappa shape index (κ2) is 7.22. The first-order valence-electron chi connectivity index (χ1n) is 7.32. The van der Waals surface area contributed by atoms with E-state index in [-0.39, 0.29) is 17.8 Å². The first-order chi connectivity index (χ1) is 10.5. The third-order valence-corrected chi connectivity index (χ3v) is 3.39. The maximum Gasteiger partial charge on any atom is 0.289 e. The molecule has 22 heavy (non-hydrogen) atoms. The fourth-order valence-corrected chi connectivity index (χ4v) is 2.17. The van der Waals surface area contributed by atoms with Gasteiger partial charge in [0, 0.05) is 26.9 Å². The van der Waals surface area contributed by atoms with E-state index >= 15 is 0 Å². The van der Waals surface area contributed by atoms with Crippen LogP contribution in [0.3, 0.4) is 0 Å². The molecule has 0 aliphatic carbocycles. The minimum absolute atomic E-state index is 0.00923. The molecule has 1 unspecified atom stereocenters. The SMILES string of the molecule is CCCC(CNC(=O)c1oc(-c2cnn(C)c2)nc1C)OC. The van der Waals surface area contributed by atoms with E-state index in [4.69, 9.17) is 9.15 Å². The van der Waals surface area contributed by atoms with E-state index in [1.165, 1.54) is 0 Å². The van der Waals surface area contributed by atoms with Gasteiger partial charge in [0.05, 0.1) is 23.6 Å². The second-order valence-electron chi connectivity index (χ2n) is 5.19. The standard InChI is InChI=1S/C15H22N4O3/c1-5-6-12(21-4)8-16-14(20)13-10(2)18-15(22-13)11-7-17-19(3)9-11/h7,9,12H,5-6,8H2,1-4H3,(H,16,20). The summed E-state index contributed by atoms with van der Waals surface area (Å²) in [5.41, 5.74) is 1.30. The summed E-state index contributed by atoms with van der Waals surface area (Å²) in [5, 5.41) is 6.89. The number of nitrogens with zero attached hydrogens (tertiary/aromatic N) is 3. The van der Waals surface area contributed by atoms with E-state index < -0.39 is 0 Å². The van der Waals surface area contributed by atoms with E-state index in [0.29, 0.717) is 18.1 Å². The molecule has 0 radical (unpaired) electrons. The van der Waals surface area contributed by atoms with Crippen molar-refractivity contribution in [3.63, 3.8) is 0 Å². The third kappa shape index (κ3) is 3.73. The van der Waals surface area contributed by atoms with Gasteiger partial charge >= 0.3 is 0 Å². The molecule has 0 spiro atoms. The first-order valence-corrected chi connectivity index (χ1v) is 7.32. The van der Waals surface area contributed by atoms with Gasteiger partial charge in [-0.3, -0.25) is 9.48 Å². The zero-order valence-corrected chi connectivity index (χ0v) is 13.4. The summed E-state index contributed by atoms with van der Waals surface area (Å²) in [6, 6.07) is 0. The summed E-state index contributed by atoms with van der Waals surface area (Å²) >= 11 is 0. The molecule has 0 fully saturated rings. The van der Waals surface area contributed by atoms with Gasteiger partial charge in [0.2, 0.25) is 11.7 Å². The minimum Gasteiger partial charge on any atom is -0.431 e. The Bertz CT molecular complexity index is 633. The molecule has 0 aliphatic heterocycles. The van der Waals surface area contributed by atoms with Crippen LogP contribution < -0.4 is 5.32 Å². The van der Waals surface area contributed by atoms with Crippen molar-refractivity contribution >= 4 is 5.91 Å². The highest BCUT2D eigenvalue weighted by Crippen LogP contribution is 2.21. The minimum atomic E-state index is -0.279. The number of amides is 1. The van der Waals surface area contributed by atoms with Crippen LogP contribution >= 0.6 is 0 Å². The number of oxazole rings is 1. The summed E-state index contributed by atoms with van der Waals surface area (Å²) in [6.45, 7) is 4.28. The number of hydrogen-bond acceptors (Lipinski definition) is 5. The van der Waals surface area contributed by atoms with Crippen LogP contribution in [0.15, 0.2) is 16.8 Å². The average Bonchev–Trinajstić information content (AvgIpc) is 3.09. The van der Waals surface area contributed by atoms with Crippen LogP contribution in [-0.4, -0.2) is 40.4 Å². The molecule has 1 amide bonds. The van der Waals surface area contributed by atoms with E-state index in [0.717, 1.165) is 18.4 Å². The molecule has 0 saturated heterocycles. The highest BCUT2D eigenvalue weighted by atomic mass is 16.5. The maximum atomic E-state index is 12.2. The summed E-state index contributed by atoms with van der Waals surface area (Å²) in [6.07, 6.45) is 5.34. The molecule has 0 saturated carbocycles. The largest absolute Gasteiger partial charge is 0.431 e. The van der Waals surface area contributed by atoms with Crippen molar-refractivity contribution < 1.29 is 13.9 Å². The molecule has 7 nitrogen and oxygen atoms in total. The van der Waals surface area contributed by atoms with Gasteiger partial charge in [0.1, 0.15) is 0 Å². The van der Waals surface area contributed by atoms with Crippen molar-refractivity contribution in [3.8, 4) is 11.5 Å². The number of ether oxygens (including phenoxy) is 1. The molecule has 2 aromatic rings. The Morgan fingerprint density at radius 3 is 2.91 bits per heavy atom. The van der Waals surface area contributed by atoms with Crippen LogP contribution in [0.25, 0.3) is 11.5 Å². The zero-order chi connectivity index (χ0) is 16.1. The Balaban J connectivity index is 2.05. The number of carbonyl (C=O) groups excluding carboxylic acids is 1. The van der Waals surface area contributed by atoms with Crippen LogP contribution in [0.2, 0.25) is 0 Å². The van der Waals surface area contributed by atoms with Crippen LogP contribution in [0, 0.1) is 6.92 Å². The van der Waals surface area contributed by atoms with Gasteiger partial charge in [-0.1, -0.05) is 13.3 Å². The number of aromatic nitrogens is 3. The zero-order valence-electron chi connectivity index (χ0n) is 13.4. The Morgan fingerprint density at radius 1 is 1.55 bits per heavy atom. The molecule has 120 valence electrons. The van der Waals surface area contributed by atoms with Gasteiger partial charge in [0.15, 0.2) is 0 Å². The van der Waals surface area contributed by atoms with Crippen molar-refractivity contribution in [2.75, 3.05) is 13.7 Å². The molecule has 1 N–H and O–H groups in total. The van der Waals surface area contributed by atoms with Crippen LogP contribution in [0.1, 0.15) is 36.0 Å². The lowest BCUT2D eigenvalue weighted by atomic mass is 10.2. The molecule has 2 aromatic heterocycles. The van der Waals surface area contributed by atoms with Crippen molar-refractivity contribution in [2.45, 2.75) is 32.8 Å². The van der Waals surface area contributed by atoms with E-state index in [1.54, 1.807) is 31.1 Å². The molecule has 7 heteroatoms. The summed E-state index contributed by atoms with van der Waals surface area (Å²) in [5.74, 6) is 0.344. The Labute approximate surface area is 129 Å². The third-order valence-electron chi connectivity index (χ3n) is 3.39. The predicted molar refractivity (Wildman–Crippen MR) is 81.5 cm³/mol. The van der Waals surface area contributed by atoms with E-state index in [2.05, 4.69) is 22.3 Å².